The normalized spacial score (nSPS) is 12.1. The first kappa shape index (κ1) is 15.4. The first-order valence-electron chi connectivity index (χ1n) is 6.68. The van der Waals surface area contributed by atoms with Crippen molar-refractivity contribution < 1.29 is 8.42 Å². The summed E-state index contributed by atoms with van der Waals surface area (Å²) in [6.45, 7) is 6.32. The fourth-order valence-electron chi connectivity index (χ4n) is 1.97. The fraction of sp³-hybridized carbons (Fsp3) is 0.250. The van der Waals surface area contributed by atoms with Crippen molar-refractivity contribution in [1.82, 2.24) is 0 Å². The Labute approximate surface area is 126 Å². The molecule has 5 heteroatoms. The monoisotopic (exact) mass is 304 g/mol. The van der Waals surface area contributed by atoms with Crippen LogP contribution in [-0.4, -0.2) is 8.42 Å². The molecule has 0 saturated heterocycles. The smallest absolute Gasteiger partial charge is 0.263 e. The molecule has 0 aliphatic rings. The van der Waals surface area contributed by atoms with E-state index in [2.05, 4.69) is 25.5 Å². The highest BCUT2D eigenvalue weighted by Gasteiger charge is 2.18. The van der Waals surface area contributed by atoms with Gasteiger partial charge in [-0.05, 0) is 35.2 Å². The quantitative estimate of drug-likeness (QED) is 0.854. The summed E-state index contributed by atoms with van der Waals surface area (Å²) in [4.78, 5) is 0.0879. The lowest BCUT2D eigenvalue weighted by Crippen LogP contribution is -2.15. The highest BCUT2D eigenvalue weighted by molar-refractivity contribution is 7.92. The number of nitrogens with one attached hydrogen (secondary N) is 1. The first-order valence-corrected chi connectivity index (χ1v) is 8.16. The Hall–Kier alpha value is -2.01. The lowest BCUT2D eigenvalue weighted by atomic mass is 9.87. The lowest BCUT2D eigenvalue weighted by molar-refractivity contribution is 0.590. The van der Waals surface area contributed by atoms with Crippen LogP contribution in [0.2, 0.25) is 0 Å². The van der Waals surface area contributed by atoms with Crippen molar-refractivity contribution in [2.75, 3.05) is 10.5 Å². The maximum atomic E-state index is 12.3. The van der Waals surface area contributed by atoms with E-state index in [-0.39, 0.29) is 16.0 Å². The minimum Gasteiger partial charge on any atom is -0.398 e. The number of anilines is 2. The zero-order chi connectivity index (χ0) is 15.7. The molecule has 0 atom stereocenters. The molecule has 4 nitrogen and oxygen atoms in total. The second-order valence-electron chi connectivity index (χ2n) is 5.97. The van der Waals surface area contributed by atoms with Gasteiger partial charge in [0.25, 0.3) is 10.0 Å². The summed E-state index contributed by atoms with van der Waals surface area (Å²) in [5.74, 6) is 0. The molecule has 0 aromatic heterocycles. The van der Waals surface area contributed by atoms with Crippen molar-refractivity contribution in [2.24, 2.45) is 0 Å². The van der Waals surface area contributed by atoms with E-state index in [1.165, 1.54) is 6.07 Å². The zero-order valence-corrected chi connectivity index (χ0v) is 13.2. The number of nitrogen functional groups attached to an aromatic ring is 1. The molecule has 112 valence electrons. The van der Waals surface area contributed by atoms with Gasteiger partial charge in [-0.3, -0.25) is 4.72 Å². The first-order chi connectivity index (χ1) is 9.70. The summed E-state index contributed by atoms with van der Waals surface area (Å²) in [5, 5.41) is 0. The molecule has 0 heterocycles. The van der Waals surface area contributed by atoms with Crippen LogP contribution < -0.4 is 10.5 Å². The molecular weight excluding hydrogens is 284 g/mol. The molecule has 3 N–H and O–H groups in total. The Kier molecular flexibility index (Phi) is 3.96. The Morgan fingerprint density at radius 1 is 0.952 bits per heavy atom. The Bertz CT molecular complexity index is 730. The van der Waals surface area contributed by atoms with E-state index >= 15 is 0 Å². The van der Waals surface area contributed by atoms with E-state index in [4.69, 9.17) is 5.73 Å². The van der Waals surface area contributed by atoms with Crippen LogP contribution in [0.1, 0.15) is 26.3 Å². The van der Waals surface area contributed by atoms with Crippen LogP contribution in [-0.2, 0) is 15.4 Å². The average molecular weight is 304 g/mol. The van der Waals surface area contributed by atoms with Crippen LogP contribution in [0.4, 0.5) is 11.4 Å². The summed E-state index contributed by atoms with van der Waals surface area (Å²) in [7, 11) is -3.67. The fourth-order valence-corrected chi connectivity index (χ4v) is 3.17. The number of sulfonamides is 1. The summed E-state index contributed by atoms with van der Waals surface area (Å²) in [6.07, 6.45) is 0. The molecule has 0 fully saturated rings. The molecule has 2 rings (SSSR count). The van der Waals surface area contributed by atoms with Crippen LogP contribution >= 0.6 is 0 Å². The van der Waals surface area contributed by atoms with E-state index in [1.807, 2.05) is 12.1 Å². The largest absolute Gasteiger partial charge is 0.398 e. The number of para-hydroxylation sites is 1. The molecule has 0 radical (unpaired) electrons. The van der Waals surface area contributed by atoms with Gasteiger partial charge in [0.2, 0.25) is 0 Å². The van der Waals surface area contributed by atoms with E-state index in [0.717, 1.165) is 5.56 Å². The third-order valence-electron chi connectivity index (χ3n) is 3.21. The number of nitrogens with two attached hydrogens (primary N) is 1. The van der Waals surface area contributed by atoms with Gasteiger partial charge >= 0.3 is 0 Å². The van der Waals surface area contributed by atoms with Gasteiger partial charge in [0.05, 0.1) is 5.69 Å². The van der Waals surface area contributed by atoms with Crippen molar-refractivity contribution in [3.05, 3.63) is 54.1 Å². The van der Waals surface area contributed by atoms with E-state index in [9.17, 15) is 8.42 Å². The molecule has 0 unspecified atom stereocenters. The minimum atomic E-state index is -3.67. The highest BCUT2D eigenvalue weighted by Crippen LogP contribution is 2.25. The van der Waals surface area contributed by atoms with Crippen LogP contribution in [0.15, 0.2) is 53.4 Å². The van der Waals surface area contributed by atoms with Gasteiger partial charge in [0, 0.05) is 5.69 Å². The lowest BCUT2D eigenvalue weighted by Gasteiger charge is -2.19. The molecule has 0 amide bonds. The summed E-state index contributed by atoms with van der Waals surface area (Å²) >= 11 is 0. The maximum Gasteiger partial charge on any atom is 0.263 e. The van der Waals surface area contributed by atoms with Crippen molar-refractivity contribution >= 4 is 21.4 Å². The predicted octanol–water partition coefficient (Wildman–Crippen LogP) is 3.37. The highest BCUT2D eigenvalue weighted by atomic mass is 32.2. The Morgan fingerprint density at radius 3 is 2.05 bits per heavy atom. The predicted molar refractivity (Wildman–Crippen MR) is 86.8 cm³/mol. The molecule has 0 saturated carbocycles. The van der Waals surface area contributed by atoms with Gasteiger partial charge in [-0.25, -0.2) is 8.42 Å². The van der Waals surface area contributed by atoms with Crippen LogP contribution in [0, 0.1) is 0 Å². The zero-order valence-electron chi connectivity index (χ0n) is 12.4. The Balaban J connectivity index is 2.28. The van der Waals surface area contributed by atoms with Crippen molar-refractivity contribution in [1.29, 1.82) is 0 Å². The number of hydrogen-bond acceptors (Lipinski definition) is 3. The van der Waals surface area contributed by atoms with Crippen molar-refractivity contribution in [3.8, 4) is 0 Å². The van der Waals surface area contributed by atoms with Gasteiger partial charge < -0.3 is 5.73 Å². The summed E-state index contributed by atoms with van der Waals surface area (Å²) < 4.78 is 27.2. The van der Waals surface area contributed by atoms with Crippen molar-refractivity contribution in [2.45, 2.75) is 31.1 Å². The molecule has 0 aliphatic carbocycles. The number of hydrogen-bond donors (Lipinski definition) is 2. The van der Waals surface area contributed by atoms with E-state index in [0.29, 0.717) is 5.69 Å². The molecule has 2 aromatic carbocycles. The third-order valence-corrected chi connectivity index (χ3v) is 4.67. The van der Waals surface area contributed by atoms with E-state index < -0.39 is 10.0 Å². The van der Waals surface area contributed by atoms with Gasteiger partial charge in [-0.15, -0.1) is 0 Å². The molecule has 21 heavy (non-hydrogen) atoms. The summed E-state index contributed by atoms with van der Waals surface area (Å²) in [5.41, 5.74) is 7.65. The molecule has 0 aliphatic heterocycles. The van der Waals surface area contributed by atoms with Crippen LogP contribution in [0.25, 0.3) is 0 Å². The van der Waals surface area contributed by atoms with Crippen LogP contribution in [0.5, 0.6) is 0 Å². The topological polar surface area (TPSA) is 72.2 Å². The van der Waals surface area contributed by atoms with E-state index in [1.54, 1.807) is 30.3 Å². The summed E-state index contributed by atoms with van der Waals surface area (Å²) in [6, 6.07) is 13.8. The van der Waals surface area contributed by atoms with Gasteiger partial charge in [0.15, 0.2) is 0 Å². The maximum absolute atomic E-state index is 12.3. The SMILES string of the molecule is CC(C)(C)c1ccc(NS(=O)(=O)c2ccccc2N)cc1. The Morgan fingerprint density at radius 2 is 1.52 bits per heavy atom. The van der Waals surface area contributed by atoms with Gasteiger partial charge in [-0.2, -0.15) is 0 Å². The molecule has 0 spiro atoms. The second-order valence-corrected chi connectivity index (χ2v) is 7.62. The van der Waals surface area contributed by atoms with Crippen LogP contribution in [0.3, 0.4) is 0 Å². The molecule has 0 bridgehead atoms. The molecular formula is C16H20N2O2S. The van der Waals surface area contributed by atoms with Crippen molar-refractivity contribution in [3.63, 3.8) is 0 Å². The molecule has 2 aromatic rings. The minimum absolute atomic E-state index is 0.0290. The third kappa shape index (κ3) is 3.55. The number of rotatable bonds is 3. The second kappa shape index (κ2) is 5.41. The standard InChI is InChI=1S/C16H20N2O2S/c1-16(2,3)12-8-10-13(11-9-12)18-21(19,20)15-7-5-4-6-14(15)17/h4-11,18H,17H2,1-3H3. The van der Waals surface area contributed by atoms with Gasteiger partial charge in [0.1, 0.15) is 4.90 Å². The number of benzene rings is 2. The van der Waals surface area contributed by atoms with Gasteiger partial charge in [-0.1, -0.05) is 45.0 Å². The average Bonchev–Trinajstić information content (AvgIpc) is 2.38.